The number of para-hydroxylation sites is 1. The Kier molecular flexibility index (Phi) is 5.26. The summed E-state index contributed by atoms with van der Waals surface area (Å²) in [5.74, 6) is 1.33. The number of aromatic nitrogens is 1. The van der Waals surface area contributed by atoms with Crippen LogP contribution in [0.25, 0.3) is 0 Å². The van der Waals surface area contributed by atoms with Crippen molar-refractivity contribution in [1.82, 2.24) is 9.99 Å². The smallest absolute Gasteiger partial charge is 0.245 e. The molecule has 0 aliphatic carbocycles. The number of nitrogens with zero attached hydrogens (tertiary/aromatic N) is 2. The summed E-state index contributed by atoms with van der Waals surface area (Å²) in [6.45, 7) is 0. The van der Waals surface area contributed by atoms with Gasteiger partial charge in [0.25, 0.3) is 0 Å². The number of carbonyl (C=O) groups is 1. The van der Waals surface area contributed by atoms with E-state index < -0.39 is 0 Å². The second kappa shape index (κ2) is 7.97. The molecule has 0 atom stereocenters. The van der Waals surface area contributed by atoms with E-state index in [9.17, 15) is 4.79 Å². The van der Waals surface area contributed by atoms with Gasteiger partial charge < -0.3 is 9.30 Å². The van der Waals surface area contributed by atoms with Crippen LogP contribution in [-0.4, -0.2) is 16.7 Å². The van der Waals surface area contributed by atoms with Crippen LogP contribution in [0.2, 0.25) is 0 Å². The number of hydrazone groups is 1. The third-order valence-corrected chi connectivity index (χ3v) is 3.63. The molecule has 1 heterocycles. The summed E-state index contributed by atoms with van der Waals surface area (Å²) < 4.78 is 7.69. The first kappa shape index (κ1) is 16.5. The first-order valence-corrected chi connectivity index (χ1v) is 7.96. The zero-order valence-electron chi connectivity index (χ0n) is 13.9. The Morgan fingerprint density at radius 2 is 1.88 bits per heavy atom. The molecule has 1 N–H and O–H groups in total. The fourth-order valence-electron chi connectivity index (χ4n) is 2.35. The van der Waals surface area contributed by atoms with E-state index in [1.54, 1.807) is 6.21 Å². The fourth-order valence-corrected chi connectivity index (χ4v) is 2.35. The Morgan fingerprint density at radius 1 is 1.08 bits per heavy atom. The van der Waals surface area contributed by atoms with Crippen molar-refractivity contribution in [3.63, 3.8) is 0 Å². The molecule has 0 fully saturated rings. The van der Waals surface area contributed by atoms with Crippen LogP contribution in [-0.2, 0) is 18.3 Å². The third-order valence-electron chi connectivity index (χ3n) is 3.63. The van der Waals surface area contributed by atoms with Crippen molar-refractivity contribution in [3.05, 3.63) is 84.2 Å². The Balaban J connectivity index is 1.57. The second-order valence-electron chi connectivity index (χ2n) is 5.57. The molecule has 126 valence electrons. The van der Waals surface area contributed by atoms with Crippen LogP contribution in [0, 0.1) is 0 Å². The van der Waals surface area contributed by atoms with Crippen LogP contribution >= 0.6 is 0 Å². The first-order chi connectivity index (χ1) is 12.2. The van der Waals surface area contributed by atoms with Crippen LogP contribution in [0.15, 0.2) is 78.0 Å². The van der Waals surface area contributed by atoms with Crippen molar-refractivity contribution >= 4 is 12.1 Å². The van der Waals surface area contributed by atoms with Crippen LogP contribution in [0.3, 0.4) is 0 Å². The van der Waals surface area contributed by atoms with Gasteiger partial charge in [-0.05, 0) is 42.0 Å². The molecule has 0 aliphatic rings. The maximum absolute atomic E-state index is 11.9. The van der Waals surface area contributed by atoms with E-state index in [0.717, 1.165) is 17.0 Å². The fraction of sp³-hybridized carbons (Fsp3) is 0.100. The zero-order chi connectivity index (χ0) is 17.5. The molecule has 1 amide bonds. The average molecular weight is 333 g/mol. The number of rotatable bonds is 6. The Labute approximate surface area is 146 Å². The summed E-state index contributed by atoms with van der Waals surface area (Å²) in [6, 6.07) is 20.9. The first-order valence-electron chi connectivity index (χ1n) is 7.96. The lowest BCUT2D eigenvalue weighted by atomic mass is 10.2. The van der Waals surface area contributed by atoms with E-state index in [1.807, 2.05) is 84.5 Å². The van der Waals surface area contributed by atoms with Crippen LogP contribution in [0.1, 0.15) is 11.3 Å². The summed E-state index contributed by atoms with van der Waals surface area (Å²) in [5, 5.41) is 4.01. The van der Waals surface area contributed by atoms with Gasteiger partial charge in [0.15, 0.2) is 0 Å². The number of aryl methyl sites for hydroxylation is 1. The van der Waals surface area contributed by atoms with Crippen LogP contribution < -0.4 is 10.2 Å². The quantitative estimate of drug-likeness (QED) is 0.554. The molecule has 0 bridgehead atoms. The molecule has 0 aliphatic heterocycles. The third kappa shape index (κ3) is 4.81. The summed E-state index contributed by atoms with van der Waals surface area (Å²) >= 11 is 0. The van der Waals surface area contributed by atoms with Crippen LogP contribution in [0.4, 0.5) is 0 Å². The van der Waals surface area contributed by atoms with Crippen molar-refractivity contribution in [2.45, 2.75) is 6.42 Å². The summed E-state index contributed by atoms with van der Waals surface area (Å²) in [7, 11) is 1.91. The van der Waals surface area contributed by atoms with E-state index in [4.69, 9.17) is 4.74 Å². The lowest BCUT2D eigenvalue weighted by Crippen LogP contribution is -2.20. The van der Waals surface area contributed by atoms with Crippen LogP contribution in [0.5, 0.6) is 11.5 Å². The highest BCUT2D eigenvalue weighted by Crippen LogP contribution is 2.21. The normalized spacial score (nSPS) is 10.8. The van der Waals surface area contributed by atoms with Gasteiger partial charge in [0.05, 0.1) is 12.6 Å². The predicted molar refractivity (Wildman–Crippen MR) is 97.8 cm³/mol. The minimum atomic E-state index is -0.158. The van der Waals surface area contributed by atoms with Crippen molar-refractivity contribution in [3.8, 4) is 11.5 Å². The van der Waals surface area contributed by atoms with Crippen molar-refractivity contribution in [2.24, 2.45) is 12.1 Å². The highest BCUT2D eigenvalue weighted by atomic mass is 16.5. The topological polar surface area (TPSA) is 55.6 Å². The molecule has 5 nitrogen and oxygen atoms in total. The lowest BCUT2D eigenvalue weighted by molar-refractivity contribution is -0.120. The molecular weight excluding hydrogens is 314 g/mol. The molecule has 0 radical (unpaired) electrons. The molecule has 2 aromatic carbocycles. The number of hydrogen-bond donors (Lipinski definition) is 1. The van der Waals surface area contributed by atoms with Crippen molar-refractivity contribution in [2.75, 3.05) is 0 Å². The molecule has 0 unspecified atom stereocenters. The number of nitrogens with one attached hydrogen (secondary N) is 1. The van der Waals surface area contributed by atoms with Gasteiger partial charge in [-0.3, -0.25) is 4.79 Å². The maximum atomic E-state index is 11.9. The van der Waals surface area contributed by atoms with E-state index in [-0.39, 0.29) is 12.3 Å². The van der Waals surface area contributed by atoms with E-state index >= 15 is 0 Å². The standard InChI is InChI=1S/C20H19N3O2/c1-23-12-6-8-17(23)14-20(24)22-21-15-16-7-5-11-19(13-16)25-18-9-3-2-4-10-18/h2-13,15H,14H2,1H3,(H,22,24)/b21-15+. The van der Waals surface area contributed by atoms with E-state index in [2.05, 4.69) is 10.5 Å². The van der Waals surface area contributed by atoms with Gasteiger partial charge in [-0.1, -0.05) is 30.3 Å². The summed E-state index contributed by atoms with van der Waals surface area (Å²) in [4.78, 5) is 11.9. The number of hydrogen-bond acceptors (Lipinski definition) is 3. The minimum absolute atomic E-state index is 0.158. The second-order valence-corrected chi connectivity index (χ2v) is 5.57. The molecule has 0 saturated carbocycles. The number of ether oxygens (including phenoxy) is 1. The van der Waals surface area contributed by atoms with E-state index in [0.29, 0.717) is 5.75 Å². The van der Waals surface area contributed by atoms with Crippen molar-refractivity contribution in [1.29, 1.82) is 0 Å². The van der Waals surface area contributed by atoms with E-state index in [1.165, 1.54) is 0 Å². The monoisotopic (exact) mass is 333 g/mol. The van der Waals surface area contributed by atoms with Crippen molar-refractivity contribution < 1.29 is 9.53 Å². The van der Waals surface area contributed by atoms with Gasteiger partial charge in [0.1, 0.15) is 11.5 Å². The minimum Gasteiger partial charge on any atom is -0.457 e. The molecule has 3 aromatic rings. The molecular formula is C20H19N3O2. The average Bonchev–Trinajstić information content (AvgIpc) is 3.01. The Hall–Kier alpha value is -3.34. The number of carbonyl (C=O) groups excluding carboxylic acids is 1. The van der Waals surface area contributed by atoms with Gasteiger partial charge in [0, 0.05) is 18.9 Å². The molecule has 1 aromatic heterocycles. The largest absolute Gasteiger partial charge is 0.457 e. The highest BCUT2D eigenvalue weighted by Gasteiger charge is 2.04. The molecule has 3 rings (SSSR count). The SMILES string of the molecule is Cn1cccc1CC(=O)N/N=C/c1cccc(Oc2ccccc2)c1. The number of amides is 1. The molecule has 0 spiro atoms. The molecule has 0 saturated heterocycles. The lowest BCUT2D eigenvalue weighted by Gasteiger charge is -2.06. The van der Waals surface area contributed by atoms with Gasteiger partial charge in [-0.25, -0.2) is 5.43 Å². The molecule has 5 heteroatoms. The van der Waals surface area contributed by atoms with Gasteiger partial charge in [0.2, 0.25) is 5.91 Å². The highest BCUT2D eigenvalue weighted by molar-refractivity contribution is 5.83. The summed E-state index contributed by atoms with van der Waals surface area (Å²) in [5.41, 5.74) is 4.32. The zero-order valence-corrected chi connectivity index (χ0v) is 13.9. The number of benzene rings is 2. The van der Waals surface area contributed by atoms with Gasteiger partial charge in [-0.15, -0.1) is 0 Å². The molecule has 25 heavy (non-hydrogen) atoms. The Bertz CT molecular complexity index is 869. The Morgan fingerprint density at radius 3 is 2.64 bits per heavy atom. The maximum Gasteiger partial charge on any atom is 0.245 e. The van der Waals surface area contributed by atoms with Gasteiger partial charge >= 0.3 is 0 Å². The van der Waals surface area contributed by atoms with Gasteiger partial charge in [-0.2, -0.15) is 5.10 Å². The predicted octanol–water partition coefficient (Wildman–Crippen LogP) is 3.51. The summed E-state index contributed by atoms with van der Waals surface area (Å²) in [6.07, 6.45) is 3.79.